The standard InChI is InChI=1S/C22H33N3O6S/c1-2-3-4-8-13-32-15-18(25-19(26)12-11-17(23)22(29)30)21(28)24-14-20(27)31-16-9-6-5-7-10-16/h5-7,9-10,17-18H,2-4,8,11-15,23H2,1H3,(H,24,28)(H,25,26)(H,29,30)/t17-,18-/m0/s1. The Morgan fingerprint density at radius 2 is 1.84 bits per heavy atom. The second-order valence-corrected chi connectivity index (χ2v) is 8.39. The van der Waals surface area contributed by atoms with Gasteiger partial charge < -0.3 is 26.2 Å². The van der Waals surface area contributed by atoms with E-state index in [4.69, 9.17) is 15.6 Å². The summed E-state index contributed by atoms with van der Waals surface area (Å²) >= 11 is 1.54. The van der Waals surface area contributed by atoms with Gasteiger partial charge in [0.15, 0.2) is 0 Å². The lowest BCUT2D eigenvalue weighted by Gasteiger charge is -2.18. The molecule has 0 fully saturated rings. The molecule has 0 saturated carbocycles. The Hall–Kier alpha value is -2.59. The molecule has 10 heteroatoms. The van der Waals surface area contributed by atoms with E-state index in [0.29, 0.717) is 11.5 Å². The first kappa shape index (κ1) is 27.4. The number of carbonyl (C=O) groups excluding carboxylic acids is 3. The first-order valence-corrected chi connectivity index (χ1v) is 11.9. The van der Waals surface area contributed by atoms with E-state index in [-0.39, 0.29) is 19.4 Å². The highest BCUT2D eigenvalue weighted by Crippen LogP contribution is 2.10. The zero-order valence-corrected chi connectivity index (χ0v) is 19.2. The third-order valence-electron chi connectivity index (χ3n) is 4.46. The maximum atomic E-state index is 12.6. The topological polar surface area (TPSA) is 148 Å². The van der Waals surface area contributed by atoms with Gasteiger partial charge in [-0.05, 0) is 30.7 Å². The number of hydrogen-bond acceptors (Lipinski definition) is 7. The van der Waals surface area contributed by atoms with Gasteiger partial charge in [-0.3, -0.25) is 14.4 Å². The number of hydrogen-bond donors (Lipinski definition) is 4. The predicted molar refractivity (Wildman–Crippen MR) is 123 cm³/mol. The van der Waals surface area contributed by atoms with Crippen LogP contribution in [0.2, 0.25) is 0 Å². The molecule has 2 amide bonds. The van der Waals surface area contributed by atoms with E-state index in [1.807, 2.05) is 0 Å². The molecule has 1 aromatic carbocycles. The number of nitrogens with two attached hydrogens (primary N) is 1. The zero-order valence-electron chi connectivity index (χ0n) is 18.4. The monoisotopic (exact) mass is 467 g/mol. The number of thioether (sulfide) groups is 1. The molecule has 2 atom stereocenters. The van der Waals surface area contributed by atoms with E-state index in [1.165, 1.54) is 11.8 Å². The summed E-state index contributed by atoms with van der Waals surface area (Å²) < 4.78 is 5.13. The van der Waals surface area contributed by atoms with Gasteiger partial charge in [-0.2, -0.15) is 11.8 Å². The molecule has 0 aliphatic rings. The smallest absolute Gasteiger partial charge is 0.330 e. The molecule has 5 N–H and O–H groups in total. The van der Waals surface area contributed by atoms with E-state index in [9.17, 15) is 19.2 Å². The molecule has 0 bridgehead atoms. The normalized spacial score (nSPS) is 12.4. The molecule has 178 valence electrons. The Morgan fingerprint density at radius 3 is 2.50 bits per heavy atom. The van der Waals surface area contributed by atoms with Crippen LogP contribution in [0.3, 0.4) is 0 Å². The molecule has 0 aliphatic heterocycles. The fourth-order valence-electron chi connectivity index (χ4n) is 2.63. The average molecular weight is 468 g/mol. The largest absolute Gasteiger partial charge is 0.480 e. The zero-order chi connectivity index (χ0) is 23.8. The molecule has 0 aromatic heterocycles. The van der Waals surface area contributed by atoms with Crippen LogP contribution in [0.1, 0.15) is 45.4 Å². The number of carbonyl (C=O) groups is 4. The summed E-state index contributed by atoms with van der Waals surface area (Å²) in [4.78, 5) is 47.5. The maximum absolute atomic E-state index is 12.6. The third-order valence-corrected chi connectivity index (χ3v) is 5.61. The van der Waals surface area contributed by atoms with Gasteiger partial charge in [0.2, 0.25) is 11.8 Å². The Labute approximate surface area is 192 Å². The fourth-order valence-corrected chi connectivity index (χ4v) is 3.68. The summed E-state index contributed by atoms with van der Waals surface area (Å²) in [5, 5.41) is 13.9. The van der Waals surface area contributed by atoms with Crippen molar-refractivity contribution in [3.05, 3.63) is 30.3 Å². The fraction of sp³-hybridized carbons (Fsp3) is 0.545. The van der Waals surface area contributed by atoms with Crippen LogP contribution in [0.4, 0.5) is 0 Å². The highest BCUT2D eigenvalue weighted by Gasteiger charge is 2.22. The number of amides is 2. The van der Waals surface area contributed by atoms with Crippen molar-refractivity contribution in [3.8, 4) is 5.75 Å². The Kier molecular flexibility index (Phi) is 13.8. The van der Waals surface area contributed by atoms with Crippen molar-refractivity contribution in [2.75, 3.05) is 18.1 Å². The molecule has 9 nitrogen and oxygen atoms in total. The molecular formula is C22H33N3O6S. The number of carboxylic acids is 1. The number of ether oxygens (including phenoxy) is 1. The van der Waals surface area contributed by atoms with Gasteiger partial charge in [-0.15, -0.1) is 0 Å². The Morgan fingerprint density at radius 1 is 1.12 bits per heavy atom. The van der Waals surface area contributed by atoms with Gasteiger partial charge in [0.05, 0.1) is 0 Å². The van der Waals surface area contributed by atoms with E-state index in [1.54, 1.807) is 30.3 Å². The van der Waals surface area contributed by atoms with Gasteiger partial charge in [0, 0.05) is 12.2 Å². The summed E-state index contributed by atoms with van der Waals surface area (Å²) in [6, 6.07) is 6.48. The second-order valence-electron chi connectivity index (χ2n) is 7.24. The maximum Gasteiger partial charge on any atom is 0.330 e. The molecule has 0 radical (unpaired) electrons. The van der Waals surface area contributed by atoms with Crippen molar-refractivity contribution in [2.45, 2.75) is 57.5 Å². The Balaban J connectivity index is 2.54. The molecule has 1 rings (SSSR count). The summed E-state index contributed by atoms with van der Waals surface area (Å²) in [6.45, 7) is 1.78. The van der Waals surface area contributed by atoms with Crippen LogP contribution in [0, 0.1) is 0 Å². The summed E-state index contributed by atoms with van der Waals surface area (Å²) in [5.74, 6) is -1.25. The minimum Gasteiger partial charge on any atom is -0.480 e. The molecule has 0 heterocycles. The van der Waals surface area contributed by atoms with E-state index < -0.39 is 35.8 Å². The first-order valence-electron chi connectivity index (χ1n) is 10.7. The lowest BCUT2D eigenvalue weighted by molar-refractivity contribution is -0.139. The number of benzene rings is 1. The van der Waals surface area contributed by atoms with Crippen molar-refractivity contribution >= 4 is 35.5 Å². The number of para-hydroxylation sites is 1. The highest BCUT2D eigenvalue weighted by atomic mass is 32.2. The molecule has 1 aromatic rings. The SMILES string of the molecule is CCCCCCSC[C@H](NC(=O)CC[C@H](N)C(=O)O)C(=O)NCC(=O)Oc1ccccc1. The van der Waals surface area contributed by atoms with Gasteiger partial charge in [-0.1, -0.05) is 44.4 Å². The molecule has 0 aliphatic carbocycles. The quantitative estimate of drug-likeness (QED) is 0.163. The van der Waals surface area contributed by atoms with Crippen LogP contribution < -0.4 is 21.1 Å². The number of carboxylic acid groups (broad SMARTS) is 1. The number of rotatable bonds is 16. The highest BCUT2D eigenvalue weighted by molar-refractivity contribution is 7.99. The van der Waals surface area contributed by atoms with Crippen molar-refractivity contribution < 1.29 is 29.0 Å². The van der Waals surface area contributed by atoms with Crippen LogP contribution in [0.15, 0.2) is 30.3 Å². The lowest BCUT2D eigenvalue weighted by atomic mass is 10.1. The summed E-state index contributed by atoms with van der Waals surface area (Å²) in [6.07, 6.45) is 4.23. The van der Waals surface area contributed by atoms with Crippen molar-refractivity contribution in [2.24, 2.45) is 5.73 Å². The van der Waals surface area contributed by atoms with Gasteiger partial charge >= 0.3 is 11.9 Å². The van der Waals surface area contributed by atoms with E-state index in [0.717, 1.165) is 31.4 Å². The van der Waals surface area contributed by atoms with Crippen LogP contribution in [0.5, 0.6) is 5.75 Å². The number of esters is 1. The molecule has 0 unspecified atom stereocenters. The Bertz CT molecular complexity index is 732. The third kappa shape index (κ3) is 12.3. The van der Waals surface area contributed by atoms with E-state index >= 15 is 0 Å². The van der Waals surface area contributed by atoms with Crippen molar-refractivity contribution in [3.63, 3.8) is 0 Å². The van der Waals surface area contributed by atoms with Crippen LogP contribution in [-0.4, -0.2) is 59.0 Å². The second kappa shape index (κ2) is 16.1. The number of nitrogens with one attached hydrogen (secondary N) is 2. The van der Waals surface area contributed by atoms with Crippen LogP contribution >= 0.6 is 11.8 Å². The molecule has 32 heavy (non-hydrogen) atoms. The first-order chi connectivity index (χ1) is 15.3. The van der Waals surface area contributed by atoms with Crippen molar-refractivity contribution in [1.82, 2.24) is 10.6 Å². The lowest BCUT2D eigenvalue weighted by Crippen LogP contribution is -2.50. The molecular weight excluding hydrogens is 434 g/mol. The minimum atomic E-state index is -1.19. The van der Waals surface area contributed by atoms with Gasteiger partial charge in [-0.25, -0.2) is 4.79 Å². The van der Waals surface area contributed by atoms with E-state index in [2.05, 4.69) is 17.6 Å². The summed E-state index contributed by atoms with van der Waals surface area (Å²) in [7, 11) is 0. The van der Waals surface area contributed by atoms with Gasteiger partial charge in [0.1, 0.15) is 24.4 Å². The number of aliphatic carboxylic acids is 1. The van der Waals surface area contributed by atoms with Crippen molar-refractivity contribution in [1.29, 1.82) is 0 Å². The van der Waals surface area contributed by atoms with Crippen LogP contribution in [0.25, 0.3) is 0 Å². The number of unbranched alkanes of at least 4 members (excludes halogenated alkanes) is 3. The average Bonchev–Trinajstić information content (AvgIpc) is 2.77. The predicted octanol–water partition coefficient (Wildman–Crippen LogP) is 1.70. The van der Waals surface area contributed by atoms with Gasteiger partial charge in [0.25, 0.3) is 0 Å². The van der Waals surface area contributed by atoms with Crippen LogP contribution in [-0.2, 0) is 19.2 Å². The molecule has 0 spiro atoms. The minimum absolute atomic E-state index is 0.0386. The molecule has 0 saturated heterocycles. The summed E-state index contributed by atoms with van der Waals surface area (Å²) in [5.41, 5.74) is 5.42.